The van der Waals surface area contributed by atoms with Crippen molar-refractivity contribution in [3.63, 3.8) is 0 Å². The van der Waals surface area contributed by atoms with Gasteiger partial charge in [0.05, 0.1) is 5.71 Å². The van der Waals surface area contributed by atoms with Gasteiger partial charge in [0, 0.05) is 11.5 Å². The fourth-order valence-electron chi connectivity index (χ4n) is 2.31. The maximum absolute atomic E-state index is 13.7. The average molecular weight is 236 g/mol. The van der Waals surface area contributed by atoms with Crippen LogP contribution in [0.1, 0.15) is 18.4 Å². The summed E-state index contributed by atoms with van der Waals surface area (Å²) < 4.78 is 13.7. The van der Waals surface area contributed by atoms with E-state index in [0.29, 0.717) is 11.3 Å². The number of hydrogen-bond acceptors (Lipinski definition) is 3. The number of benzene rings is 1. The van der Waals surface area contributed by atoms with Crippen LogP contribution in [0, 0.1) is 11.7 Å². The van der Waals surface area contributed by atoms with Gasteiger partial charge in [-0.25, -0.2) is 4.39 Å². The van der Waals surface area contributed by atoms with Gasteiger partial charge in [-0.3, -0.25) is 0 Å². The molecule has 0 unspecified atom stereocenters. The molecular weight excluding hydrogens is 219 g/mol. The highest BCUT2D eigenvalue weighted by molar-refractivity contribution is 6.02. The molecule has 1 aromatic rings. The SMILES string of the molecule is CN1CCC(C(=NO)c2ccccc2F)CC1. The molecule has 0 atom stereocenters. The van der Waals surface area contributed by atoms with Crippen molar-refractivity contribution < 1.29 is 9.60 Å². The summed E-state index contributed by atoms with van der Waals surface area (Å²) in [5, 5.41) is 12.5. The van der Waals surface area contributed by atoms with E-state index in [9.17, 15) is 4.39 Å². The van der Waals surface area contributed by atoms with Crippen LogP contribution in [0.4, 0.5) is 4.39 Å². The van der Waals surface area contributed by atoms with E-state index in [1.165, 1.54) is 6.07 Å². The average Bonchev–Trinajstić information content (AvgIpc) is 2.35. The molecule has 92 valence electrons. The smallest absolute Gasteiger partial charge is 0.132 e. The van der Waals surface area contributed by atoms with E-state index in [1.807, 2.05) is 0 Å². The molecule has 1 heterocycles. The summed E-state index contributed by atoms with van der Waals surface area (Å²) in [6.45, 7) is 1.91. The first kappa shape index (κ1) is 12.0. The highest BCUT2D eigenvalue weighted by Gasteiger charge is 2.24. The second kappa shape index (κ2) is 5.27. The predicted octanol–water partition coefficient (Wildman–Crippen LogP) is 2.35. The van der Waals surface area contributed by atoms with E-state index >= 15 is 0 Å². The minimum absolute atomic E-state index is 0.146. The predicted molar refractivity (Wildman–Crippen MR) is 64.9 cm³/mol. The summed E-state index contributed by atoms with van der Waals surface area (Å²) >= 11 is 0. The maximum atomic E-state index is 13.7. The Balaban J connectivity index is 2.21. The minimum Gasteiger partial charge on any atom is -0.411 e. The molecule has 1 aliphatic heterocycles. The molecule has 1 fully saturated rings. The number of halogens is 1. The van der Waals surface area contributed by atoms with Gasteiger partial charge in [0.2, 0.25) is 0 Å². The fraction of sp³-hybridized carbons (Fsp3) is 0.462. The Bertz CT molecular complexity index is 412. The monoisotopic (exact) mass is 236 g/mol. The maximum Gasteiger partial charge on any atom is 0.132 e. The summed E-state index contributed by atoms with van der Waals surface area (Å²) in [6, 6.07) is 6.47. The Hall–Kier alpha value is -1.42. The van der Waals surface area contributed by atoms with Gasteiger partial charge in [-0.2, -0.15) is 0 Å². The topological polar surface area (TPSA) is 35.8 Å². The van der Waals surface area contributed by atoms with Gasteiger partial charge < -0.3 is 10.1 Å². The van der Waals surface area contributed by atoms with Crippen molar-refractivity contribution in [2.24, 2.45) is 11.1 Å². The van der Waals surface area contributed by atoms with E-state index < -0.39 is 0 Å². The molecule has 4 heteroatoms. The van der Waals surface area contributed by atoms with Crippen molar-refractivity contribution in [2.45, 2.75) is 12.8 Å². The van der Waals surface area contributed by atoms with E-state index in [0.717, 1.165) is 25.9 Å². The second-order valence-electron chi connectivity index (χ2n) is 4.54. The van der Waals surface area contributed by atoms with Crippen LogP contribution >= 0.6 is 0 Å². The van der Waals surface area contributed by atoms with Gasteiger partial charge >= 0.3 is 0 Å². The lowest BCUT2D eigenvalue weighted by Crippen LogP contribution is -2.34. The molecule has 1 N–H and O–H groups in total. The zero-order valence-electron chi connectivity index (χ0n) is 9.93. The van der Waals surface area contributed by atoms with E-state index in [1.54, 1.807) is 18.2 Å². The van der Waals surface area contributed by atoms with Gasteiger partial charge in [0.25, 0.3) is 0 Å². The third-order valence-electron chi connectivity index (χ3n) is 3.36. The molecule has 0 saturated carbocycles. The first-order valence-corrected chi connectivity index (χ1v) is 5.87. The molecule has 3 nitrogen and oxygen atoms in total. The number of rotatable bonds is 2. The lowest BCUT2D eigenvalue weighted by molar-refractivity contribution is 0.246. The Kier molecular flexibility index (Phi) is 3.74. The molecule has 0 radical (unpaired) electrons. The van der Waals surface area contributed by atoms with Crippen LogP contribution in [0.5, 0.6) is 0 Å². The fourth-order valence-corrected chi connectivity index (χ4v) is 2.31. The van der Waals surface area contributed by atoms with Crippen molar-refractivity contribution in [1.82, 2.24) is 4.90 Å². The quantitative estimate of drug-likeness (QED) is 0.486. The van der Waals surface area contributed by atoms with Crippen molar-refractivity contribution in [1.29, 1.82) is 0 Å². The first-order chi connectivity index (χ1) is 8.22. The Morgan fingerprint density at radius 2 is 2.00 bits per heavy atom. The number of oxime groups is 1. The molecule has 0 spiro atoms. The van der Waals surface area contributed by atoms with Crippen LogP contribution < -0.4 is 0 Å². The van der Waals surface area contributed by atoms with Gasteiger partial charge in [-0.15, -0.1) is 0 Å². The molecule has 0 amide bonds. The van der Waals surface area contributed by atoms with Crippen LogP contribution in [0.2, 0.25) is 0 Å². The van der Waals surface area contributed by atoms with E-state index in [-0.39, 0.29) is 11.7 Å². The molecule has 1 aromatic carbocycles. The lowest BCUT2D eigenvalue weighted by atomic mass is 9.88. The normalized spacial score (nSPS) is 19.5. The Morgan fingerprint density at radius 3 is 2.59 bits per heavy atom. The van der Waals surface area contributed by atoms with Gasteiger partial charge in [0.15, 0.2) is 0 Å². The van der Waals surface area contributed by atoms with Crippen LogP contribution in [0.3, 0.4) is 0 Å². The number of hydrogen-bond donors (Lipinski definition) is 1. The van der Waals surface area contributed by atoms with Crippen molar-refractivity contribution >= 4 is 5.71 Å². The summed E-state index contributed by atoms with van der Waals surface area (Å²) in [7, 11) is 2.06. The molecule has 1 saturated heterocycles. The standard InChI is InChI=1S/C13H17FN2O/c1-16-8-6-10(7-9-16)13(15-17)11-4-2-3-5-12(11)14/h2-5,10,17H,6-9H2,1H3. The summed E-state index contributed by atoms with van der Waals surface area (Å²) in [4.78, 5) is 2.23. The molecule has 17 heavy (non-hydrogen) atoms. The summed E-state index contributed by atoms with van der Waals surface area (Å²) in [5.74, 6) is -0.174. The van der Waals surface area contributed by atoms with Gasteiger partial charge in [-0.05, 0) is 39.0 Å². The molecule has 1 aliphatic rings. The van der Waals surface area contributed by atoms with E-state index in [2.05, 4.69) is 17.1 Å². The number of nitrogens with zero attached hydrogens (tertiary/aromatic N) is 2. The molecule has 0 aliphatic carbocycles. The number of piperidine rings is 1. The third-order valence-corrected chi connectivity index (χ3v) is 3.36. The van der Waals surface area contributed by atoms with Crippen LogP contribution in [0.25, 0.3) is 0 Å². The second-order valence-corrected chi connectivity index (χ2v) is 4.54. The molecule has 2 rings (SSSR count). The third kappa shape index (κ3) is 2.64. The minimum atomic E-state index is -0.320. The van der Waals surface area contributed by atoms with E-state index in [4.69, 9.17) is 5.21 Å². The zero-order valence-corrected chi connectivity index (χ0v) is 9.93. The number of likely N-dealkylation sites (tertiary alicyclic amines) is 1. The van der Waals surface area contributed by atoms with Gasteiger partial charge in [0.1, 0.15) is 5.82 Å². The molecular formula is C13H17FN2O. The summed E-state index contributed by atoms with van der Waals surface area (Å²) in [6.07, 6.45) is 1.81. The largest absolute Gasteiger partial charge is 0.411 e. The molecule has 0 bridgehead atoms. The van der Waals surface area contributed by atoms with Crippen molar-refractivity contribution in [3.05, 3.63) is 35.6 Å². The zero-order chi connectivity index (χ0) is 12.3. The summed E-state index contributed by atoms with van der Waals surface area (Å²) in [5.41, 5.74) is 0.903. The van der Waals surface area contributed by atoms with Crippen LogP contribution in [-0.2, 0) is 0 Å². The van der Waals surface area contributed by atoms with Crippen LogP contribution in [-0.4, -0.2) is 36.0 Å². The Labute approximate surface area is 101 Å². The highest BCUT2D eigenvalue weighted by atomic mass is 19.1. The molecule has 0 aromatic heterocycles. The van der Waals surface area contributed by atoms with Crippen molar-refractivity contribution in [3.8, 4) is 0 Å². The first-order valence-electron chi connectivity index (χ1n) is 5.87. The van der Waals surface area contributed by atoms with Gasteiger partial charge in [-0.1, -0.05) is 23.4 Å². The highest BCUT2D eigenvalue weighted by Crippen LogP contribution is 2.23. The van der Waals surface area contributed by atoms with Crippen molar-refractivity contribution in [2.75, 3.05) is 20.1 Å². The Morgan fingerprint density at radius 1 is 1.35 bits per heavy atom. The lowest BCUT2D eigenvalue weighted by Gasteiger charge is -2.29. The van der Waals surface area contributed by atoms with Crippen LogP contribution in [0.15, 0.2) is 29.4 Å².